The molecule has 10 nitrogen and oxygen atoms in total. The van der Waals surface area contributed by atoms with Gasteiger partial charge in [0.25, 0.3) is 0 Å². The second kappa shape index (κ2) is 12.0. The van der Waals surface area contributed by atoms with Crippen LogP contribution in [0.1, 0.15) is 81.8 Å². The molecule has 1 N–H and O–H groups in total. The first-order chi connectivity index (χ1) is 20.9. The third kappa shape index (κ3) is 5.74. The van der Waals surface area contributed by atoms with Crippen LogP contribution < -0.4 is 10.2 Å². The van der Waals surface area contributed by atoms with Gasteiger partial charge in [-0.15, -0.1) is 0 Å². The van der Waals surface area contributed by atoms with Gasteiger partial charge in [-0.3, -0.25) is 9.69 Å². The molecule has 2 aliphatic carbocycles. The van der Waals surface area contributed by atoms with Crippen molar-refractivity contribution in [1.29, 1.82) is 0 Å². The van der Waals surface area contributed by atoms with Crippen molar-refractivity contribution in [3.05, 3.63) is 41.6 Å². The van der Waals surface area contributed by atoms with Crippen LogP contribution >= 0.6 is 15.9 Å². The number of aromatic nitrogens is 2. The maximum atomic E-state index is 13.8. The van der Waals surface area contributed by atoms with Crippen LogP contribution in [0.25, 0.3) is 0 Å². The van der Waals surface area contributed by atoms with Gasteiger partial charge in [-0.25, -0.2) is 13.4 Å². The summed E-state index contributed by atoms with van der Waals surface area (Å²) < 4.78 is 40.3. The summed E-state index contributed by atoms with van der Waals surface area (Å²) in [6.45, 7) is 1.60. The molecule has 2 saturated carbocycles. The Hall–Kier alpha value is -2.12. The first-order valence-corrected chi connectivity index (χ1v) is 18.3. The molecule has 4 fully saturated rings. The number of nitrogens with one attached hydrogen (secondary N) is 1. The Morgan fingerprint density at radius 1 is 1.09 bits per heavy atom. The number of amides is 1. The molecule has 43 heavy (non-hydrogen) atoms. The van der Waals surface area contributed by atoms with Crippen molar-refractivity contribution in [1.82, 2.24) is 14.3 Å². The fraction of sp³-hybridized carbons (Fsp3) is 0.645. The van der Waals surface area contributed by atoms with Gasteiger partial charge in [-0.2, -0.15) is 9.29 Å². The maximum Gasteiger partial charge on any atom is 0.243 e. The minimum Gasteiger partial charge on any atom is -0.353 e. The van der Waals surface area contributed by atoms with Crippen molar-refractivity contribution in [2.75, 3.05) is 29.9 Å². The molecule has 1 spiro atoms. The lowest BCUT2D eigenvalue weighted by atomic mass is 9.91. The van der Waals surface area contributed by atoms with Crippen LogP contribution in [0.3, 0.4) is 0 Å². The highest BCUT2D eigenvalue weighted by molar-refractivity contribution is 9.08. The summed E-state index contributed by atoms with van der Waals surface area (Å²) in [5.41, 5.74) is 1.43. The highest BCUT2D eigenvalue weighted by atomic mass is 79.9. The molecule has 0 bridgehead atoms. The summed E-state index contributed by atoms with van der Waals surface area (Å²) in [6.07, 6.45) is 11.7. The number of hydrogen-bond acceptors (Lipinski definition) is 8. The number of rotatable bonds is 8. The largest absolute Gasteiger partial charge is 0.353 e. The van der Waals surface area contributed by atoms with Gasteiger partial charge < -0.3 is 14.8 Å². The van der Waals surface area contributed by atoms with Crippen LogP contribution in [0.2, 0.25) is 0 Å². The van der Waals surface area contributed by atoms with Gasteiger partial charge in [0.15, 0.2) is 6.29 Å². The third-order valence-corrected chi connectivity index (χ3v) is 12.4. The Bertz CT molecular complexity index is 1460. The maximum absolute atomic E-state index is 13.8. The summed E-state index contributed by atoms with van der Waals surface area (Å²) in [5.74, 6) is 1.40. The minimum absolute atomic E-state index is 0.0433. The van der Waals surface area contributed by atoms with E-state index in [1.165, 1.54) is 0 Å². The van der Waals surface area contributed by atoms with Crippen molar-refractivity contribution in [3.63, 3.8) is 0 Å². The van der Waals surface area contributed by atoms with Gasteiger partial charge in [0.05, 0.1) is 16.4 Å². The Labute approximate surface area is 262 Å². The molecule has 232 valence electrons. The zero-order valence-corrected chi connectivity index (χ0v) is 26.8. The number of carbonyl (C=O) groups excluding carboxylic acids is 1. The smallest absolute Gasteiger partial charge is 0.243 e. The van der Waals surface area contributed by atoms with Crippen LogP contribution in [-0.4, -0.2) is 72.8 Å². The van der Waals surface area contributed by atoms with Crippen molar-refractivity contribution in [2.45, 2.75) is 111 Å². The molecule has 1 amide bonds. The third-order valence-electron chi connectivity index (χ3n) is 9.81. The van der Waals surface area contributed by atoms with Crippen LogP contribution in [0.5, 0.6) is 0 Å². The summed E-state index contributed by atoms with van der Waals surface area (Å²) in [6, 6.07) is 7.18. The minimum atomic E-state index is -3.55. The highest BCUT2D eigenvalue weighted by Gasteiger charge is 2.61. The molecule has 0 radical (unpaired) electrons. The van der Waals surface area contributed by atoms with E-state index < -0.39 is 15.4 Å². The molecule has 3 atom stereocenters. The summed E-state index contributed by atoms with van der Waals surface area (Å²) in [4.78, 5) is 25.7. The standard InChI is InChI=1S/C31H40BrN5O5S/c32-19-21-5-3-8-25(17-21)43(39,40)36-14-10-22(11-15-36)34-30-33-20-26-28(35-30)37(29(38)31(26)12-13-31)23-6-4-7-24(18-23)42-27-9-1-2-16-41-27/h3,5,8,17,20,22-24,27H,1-2,4,6-7,9-16,18-19H2,(H,33,34,35)/t23-,24-,27?/m1/s1. The lowest BCUT2D eigenvalue weighted by Crippen LogP contribution is -2.45. The number of nitrogens with zero attached hydrogens (tertiary/aromatic N) is 4. The van der Waals surface area contributed by atoms with Crippen LogP contribution in [0.15, 0.2) is 35.4 Å². The van der Waals surface area contributed by atoms with Crippen LogP contribution in [-0.2, 0) is 35.0 Å². The van der Waals surface area contributed by atoms with E-state index in [4.69, 9.17) is 14.5 Å². The molecule has 1 unspecified atom stereocenters. The first kappa shape index (κ1) is 29.6. The number of carbonyl (C=O) groups is 1. The predicted octanol–water partition coefficient (Wildman–Crippen LogP) is 4.87. The monoisotopic (exact) mass is 673 g/mol. The molecule has 7 rings (SSSR count). The molecule has 2 aromatic rings. The van der Waals surface area contributed by atoms with E-state index in [1.807, 2.05) is 17.2 Å². The molecule has 2 saturated heterocycles. The number of piperidine rings is 1. The Morgan fingerprint density at radius 3 is 2.67 bits per heavy atom. The number of ether oxygens (including phenoxy) is 2. The number of fused-ring (bicyclic) bond motifs is 2. The summed E-state index contributed by atoms with van der Waals surface area (Å²) in [7, 11) is -3.55. The second-order valence-electron chi connectivity index (χ2n) is 12.7. The average Bonchev–Trinajstić information content (AvgIpc) is 3.80. The van der Waals surface area contributed by atoms with E-state index in [2.05, 4.69) is 26.2 Å². The molecular weight excluding hydrogens is 634 g/mol. The van der Waals surface area contributed by atoms with Crippen LogP contribution in [0, 0.1) is 0 Å². The van der Waals surface area contributed by atoms with Crippen molar-refractivity contribution in [3.8, 4) is 0 Å². The Kier molecular flexibility index (Phi) is 8.26. The lowest BCUT2D eigenvalue weighted by molar-refractivity contribution is -0.193. The fourth-order valence-corrected chi connectivity index (χ4v) is 9.11. The number of halogens is 1. The van der Waals surface area contributed by atoms with E-state index in [1.54, 1.807) is 22.5 Å². The highest BCUT2D eigenvalue weighted by Crippen LogP contribution is 2.57. The molecule has 3 aliphatic heterocycles. The second-order valence-corrected chi connectivity index (χ2v) is 15.2. The van der Waals surface area contributed by atoms with Gasteiger partial charge in [0, 0.05) is 48.9 Å². The predicted molar refractivity (Wildman–Crippen MR) is 166 cm³/mol. The molecule has 12 heteroatoms. The van der Waals surface area contributed by atoms with E-state index in [0.29, 0.717) is 42.1 Å². The molecule has 5 aliphatic rings. The van der Waals surface area contributed by atoms with Crippen molar-refractivity contribution < 1.29 is 22.7 Å². The Morgan fingerprint density at radius 2 is 1.93 bits per heavy atom. The Balaban J connectivity index is 1.03. The number of alkyl halides is 1. The SMILES string of the molecule is O=C1N([C@@H]2CCC[C@@H](OC3CCCCO3)C2)c2nc(NC3CCN(S(=O)(=O)c4cccc(CBr)c4)CC3)ncc2C12CC2. The molecule has 1 aromatic heterocycles. The first-order valence-electron chi connectivity index (χ1n) is 15.8. The van der Waals surface area contributed by atoms with E-state index in [0.717, 1.165) is 81.3 Å². The quantitative estimate of drug-likeness (QED) is 0.395. The van der Waals surface area contributed by atoms with Crippen molar-refractivity contribution >= 4 is 43.6 Å². The molecular formula is C31H40BrN5O5S. The zero-order valence-electron chi connectivity index (χ0n) is 24.4. The normalized spacial score (nSPS) is 27.8. The van der Waals surface area contributed by atoms with E-state index in [9.17, 15) is 13.2 Å². The van der Waals surface area contributed by atoms with Gasteiger partial charge >= 0.3 is 0 Å². The van der Waals surface area contributed by atoms with Gasteiger partial charge in [-0.05, 0) is 88.3 Å². The summed E-state index contributed by atoms with van der Waals surface area (Å²) >= 11 is 3.41. The number of benzene rings is 1. The van der Waals surface area contributed by atoms with Gasteiger partial charge in [0.2, 0.25) is 21.9 Å². The number of hydrogen-bond donors (Lipinski definition) is 1. The van der Waals surface area contributed by atoms with E-state index >= 15 is 0 Å². The van der Waals surface area contributed by atoms with E-state index in [-0.39, 0.29) is 30.4 Å². The summed E-state index contributed by atoms with van der Waals surface area (Å²) in [5, 5.41) is 4.07. The van der Waals surface area contributed by atoms with Crippen molar-refractivity contribution in [2.24, 2.45) is 0 Å². The zero-order chi connectivity index (χ0) is 29.6. The van der Waals surface area contributed by atoms with Gasteiger partial charge in [0.1, 0.15) is 5.82 Å². The van der Waals surface area contributed by atoms with Gasteiger partial charge in [-0.1, -0.05) is 28.1 Å². The topological polar surface area (TPSA) is 114 Å². The molecule has 4 heterocycles. The number of anilines is 2. The fourth-order valence-electron chi connectivity index (χ4n) is 7.23. The van der Waals surface area contributed by atoms with Crippen LogP contribution in [0.4, 0.5) is 11.8 Å². The average molecular weight is 675 g/mol. The lowest BCUT2D eigenvalue weighted by Gasteiger charge is -2.37. The molecule has 1 aromatic carbocycles. The number of sulfonamides is 1.